The lowest BCUT2D eigenvalue weighted by molar-refractivity contribution is 0.109. The maximum atomic E-state index is 10.3. The summed E-state index contributed by atoms with van der Waals surface area (Å²) in [6, 6.07) is 2.29. The van der Waals surface area contributed by atoms with Crippen molar-refractivity contribution in [2.75, 3.05) is 0 Å². The van der Waals surface area contributed by atoms with Gasteiger partial charge in [-0.05, 0) is 12.1 Å². The van der Waals surface area contributed by atoms with Crippen LogP contribution in [0.2, 0.25) is 0 Å². The summed E-state index contributed by atoms with van der Waals surface area (Å²) < 4.78 is 0. The SMILES string of the molecule is O=Cc1c(O)ccc(O)c1C=O. The van der Waals surface area contributed by atoms with Gasteiger partial charge in [0.1, 0.15) is 11.5 Å². The van der Waals surface area contributed by atoms with Crippen LogP contribution in [-0.2, 0) is 0 Å². The van der Waals surface area contributed by atoms with Crippen molar-refractivity contribution >= 4 is 12.6 Å². The van der Waals surface area contributed by atoms with Crippen molar-refractivity contribution in [3.8, 4) is 11.5 Å². The third-order valence-electron chi connectivity index (χ3n) is 1.48. The average Bonchev–Trinajstić information content (AvgIpc) is 2.08. The van der Waals surface area contributed by atoms with E-state index in [2.05, 4.69) is 0 Å². The molecule has 0 aliphatic heterocycles. The number of carbonyl (C=O) groups excluding carboxylic acids is 2. The van der Waals surface area contributed by atoms with E-state index in [4.69, 9.17) is 10.2 Å². The minimum absolute atomic E-state index is 0.190. The van der Waals surface area contributed by atoms with Gasteiger partial charge in [-0.3, -0.25) is 9.59 Å². The van der Waals surface area contributed by atoms with Crippen LogP contribution in [0, 0.1) is 0 Å². The van der Waals surface area contributed by atoms with E-state index in [0.717, 1.165) is 12.1 Å². The first-order chi connectivity index (χ1) is 5.70. The molecule has 1 rings (SSSR count). The average molecular weight is 166 g/mol. The molecular formula is C8H6O4. The zero-order valence-electron chi connectivity index (χ0n) is 6.02. The van der Waals surface area contributed by atoms with Crippen molar-refractivity contribution in [3.63, 3.8) is 0 Å². The Labute approximate surface area is 68.1 Å². The van der Waals surface area contributed by atoms with E-state index in [1.807, 2.05) is 0 Å². The van der Waals surface area contributed by atoms with Crippen LogP contribution in [0.25, 0.3) is 0 Å². The number of phenols is 2. The second-order valence-electron chi connectivity index (χ2n) is 2.17. The van der Waals surface area contributed by atoms with E-state index in [9.17, 15) is 9.59 Å². The highest BCUT2D eigenvalue weighted by Gasteiger charge is 2.10. The molecule has 0 amide bonds. The fraction of sp³-hybridized carbons (Fsp3) is 0. The van der Waals surface area contributed by atoms with Gasteiger partial charge in [-0.15, -0.1) is 0 Å². The Balaban J connectivity index is 3.48. The summed E-state index contributed by atoms with van der Waals surface area (Å²) in [6.45, 7) is 0. The first-order valence-corrected chi connectivity index (χ1v) is 3.16. The van der Waals surface area contributed by atoms with Crippen molar-refractivity contribution in [2.24, 2.45) is 0 Å². The van der Waals surface area contributed by atoms with E-state index in [1.165, 1.54) is 0 Å². The number of carbonyl (C=O) groups is 2. The van der Waals surface area contributed by atoms with E-state index in [0.29, 0.717) is 12.6 Å². The number of rotatable bonds is 2. The van der Waals surface area contributed by atoms with Gasteiger partial charge in [-0.1, -0.05) is 0 Å². The summed E-state index contributed by atoms with van der Waals surface area (Å²) in [4.78, 5) is 20.7. The standard InChI is InChI=1S/C8H6O4/c9-3-5-6(4-10)8(12)2-1-7(5)11/h1-4,11-12H. The molecule has 2 N–H and O–H groups in total. The van der Waals surface area contributed by atoms with Crippen LogP contribution < -0.4 is 0 Å². The van der Waals surface area contributed by atoms with Gasteiger partial charge in [0.05, 0.1) is 11.1 Å². The zero-order chi connectivity index (χ0) is 9.14. The third-order valence-corrected chi connectivity index (χ3v) is 1.48. The minimum atomic E-state index is -0.315. The number of phenolic OH excluding ortho intramolecular Hbond substituents is 2. The Morgan fingerprint density at radius 2 is 1.25 bits per heavy atom. The molecule has 0 saturated carbocycles. The molecule has 12 heavy (non-hydrogen) atoms. The lowest BCUT2D eigenvalue weighted by Crippen LogP contribution is -1.91. The summed E-state index contributed by atoms with van der Waals surface area (Å²) in [5.41, 5.74) is -0.380. The predicted octanol–water partition coefficient (Wildman–Crippen LogP) is 0.723. The van der Waals surface area contributed by atoms with Gasteiger partial charge in [-0.25, -0.2) is 0 Å². The molecule has 0 aromatic heterocycles. The molecule has 4 nitrogen and oxygen atoms in total. The molecule has 0 spiro atoms. The molecule has 0 radical (unpaired) electrons. The van der Waals surface area contributed by atoms with E-state index in [1.54, 1.807) is 0 Å². The van der Waals surface area contributed by atoms with Crippen LogP contribution in [0.1, 0.15) is 20.7 Å². The summed E-state index contributed by atoms with van der Waals surface area (Å²) in [6.07, 6.45) is 0.636. The highest BCUT2D eigenvalue weighted by molar-refractivity contribution is 5.95. The predicted molar refractivity (Wildman–Crippen MR) is 40.5 cm³/mol. The Morgan fingerprint density at radius 3 is 1.50 bits per heavy atom. The number of hydrogen-bond acceptors (Lipinski definition) is 4. The number of aromatic hydroxyl groups is 2. The van der Waals surface area contributed by atoms with Crippen LogP contribution in [0.5, 0.6) is 11.5 Å². The lowest BCUT2D eigenvalue weighted by atomic mass is 10.1. The van der Waals surface area contributed by atoms with Crippen molar-refractivity contribution in [1.29, 1.82) is 0 Å². The van der Waals surface area contributed by atoms with E-state index in [-0.39, 0.29) is 22.6 Å². The van der Waals surface area contributed by atoms with Crippen molar-refractivity contribution in [1.82, 2.24) is 0 Å². The van der Waals surface area contributed by atoms with Gasteiger partial charge < -0.3 is 10.2 Å². The van der Waals surface area contributed by atoms with Crippen molar-refractivity contribution < 1.29 is 19.8 Å². The maximum absolute atomic E-state index is 10.3. The minimum Gasteiger partial charge on any atom is -0.507 e. The van der Waals surface area contributed by atoms with Crippen LogP contribution in [0.4, 0.5) is 0 Å². The zero-order valence-corrected chi connectivity index (χ0v) is 6.02. The molecule has 62 valence electrons. The second kappa shape index (κ2) is 3.04. The van der Waals surface area contributed by atoms with Gasteiger partial charge in [0.25, 0.3) is 0 Å². The highest BCUT2D eigenvalue weighted by Crippen LogP contribution is 2.25. The monoisotopic (exact) mass is 166 g/mol. The Bertz CT molecular complexity index is 297. The molecule has 0 bridgehead atoms. The molecule has 0 atom stereocenters. The molecule has 0 aliphatic carbocycles. The van der Waals surface area contributed by atoms with Gasteiger partial charge in [0.15, 0.2) is 12.6 Å². The molecule has 0 unspecified atom stereocenters. The van der Waals surface area contributed by atoms with Gasteiger partial charge in [-0.2, -0.15) is 0 Å². The van der Waals surface area contributed by atoms with Gasteiger partial charge in [0.2, 0.25) is 0 Å². The van der Waals surface area contributed by atoms with Crippen molar-refractivity contribution in [2.45, 2.75) is 0 Å². The van der Waals surface area contributed by atoms with E-state index >= 15 is 0 Å². The largest absolute Gasteiger partial charge is 0.507 e. The summed E-state index contributed by atoms with van der Waals surface area (Å²) >= 11 is 0. The van der Waals surface area contributed by atoms with Gasteiger partial charge in [0, 0.05) is 0 Å². The first-order valence-electron chi connectivity index (χ1n) is 3.16. The number of hydrogen-bond donors (Lipinski definition) is 2. The second-order valence-corrected chi connectivity index (χ2v) is 2.17. The molecule has 0 fully saturated rings. The smallest absolute Gasteiger partial charge is 0.154 e. The third kappa shape index (κ3) is 1.14. The first kappa shape index (κ1) is 8.26. The topological polar surface area (TPSA) is 74.6 Å². The quantitative estimate of drug-likeness (QED) is 0.501. The molecule has 4 heteroatoms. The highest BCUT2D eigenvalue weighted by atomic mass is 16.3. The Kier molecular flexibility index (Phi) is 2.09. The maximum Gasteiger partial charge on any atom is 0.154 e. The summed E-state index contributed by atoms with van der Waals surface area (Å²) in [5.74, 6) is -0.630. The van der Waals surface area contributed by atoms with E-state index < -0.39 is 0 Å². The fourth-order valence-electron chi connectivity index (χ4n) is 0.861. The summed E-state index contributed by atoms with van der Waals surface area (Å²) in [7, 11) is 0. The summed E-state index contributed by atoms with van der Waals surface area (Å²) in [5, 5.41) is 18.1. The number of aldehydes is 2. The fourth-order valence-corrected chi connectivity index (χ4v) is 0.861. The normalized spacial score (nSPS) is 9.33. The Morgan fingerprint density at radius 1 is 0.917 bits per heavy atom. The molecule has 0 saturated heterocycles. The molecule has 0 aliphatic rings. The molecule has 1 aromatic rings. The van der Waals surface area contributed by atoms with Crippen LogP contribution in [0.15, 0.2) is 12.1 Å². The Hall–Kier alpha value is -1.84. The molecule has 1 aromatic carbocycles. The van der Waals surface area contributed by atoms with Crippen LogP contribution in [0.3, 0.4) is 0 Å². The molecule has 0 heterocycles. The number of benzene rings is 1. The van der Waals surface area contributed by atoms with Crippen LogP contribution >= 0.6 is 0 Å². The molecular weight excluding hydrogens is 160 g/mol. The van der Waals surface area contributed by atoms with Crippen LogP contribution in [-0.4, -0.2) is 22.8 Å². The van der Waals surface area contributed by atoms with Crippen molar-refractivity contribution in [3.05, 3.63) is 23.3 Å². The lowest BCUT2D eigenvalue weighted by Gasteiger charge is -2.01. The van der Waals surface area contributed by atoms with Gasteiger partial charge >= 0.3 is 0 Å².